The molecule has 0 amide bonds. The number of para-hydroxylation sites is 1. The number of nitrogens with zero attached hydrogens (tertiary/aromatic N) is 2. The molecule has 0 spiro atoms. The number of hydrogen-bond acceptors (Lipinski definition) is 6. The molecule has 1 aliphatic heterocycles. The summed E-state index contributed by atoms with van der Waals surface area (Å²) < 4.78 is 5.81. The van der Waals surface area contributed by atoms with Crippen LogP contribution in [0.1, 0.15) is 12.0 Å². The normalized spacial score (nSPS) is 13.9. The lowest BCUT2D eigenvalue weighted by Crippen LogP contribution is -2.23. The van der Waals surface area contributed by atoms with Gasteiger partial charge in [0.15, 0.2) is 5.82 Å². The highest BCUT2D eigenvalue weighted by molar-refractivity contribution is 5.82. The van der Waals surface area contributed by atoms with Crippen molar-refractivity contribution >= 4 is 17.2 Å². The largest absolute Gasteiger partial charge is 0.457 e. The van der Waals surface area contributed by atoms with Crippen molar-refractivity contribution in [2.75, 3.05) is 24.6 Å². The average Bonchev–Trinajstić information content (AvgIpc) is 2.70. The summed E-state index contributed by atoms with van der Waals surface area (Å²) in [5.74, 6) is 2.83. The lowest BCUT2D eigenvalue weighted by Gasteiger charge is -2.17. The van der Waals surface area contributed by atoms with E-state index in [1.165, 1.54) is 0 Å². The molecule has 6 heteroatoms. The Kier molecular flexibility index (Phi) is 4.72. The molecule has 3 aromatic rings. The van der Waals surface area contributed by atoms with Gasteiger partial charge in [-0.1, -0.05) is 24.3 Å². The molecule has 27 heavy (non-hydrogen) atoms. The fourth-order valence-electron chi connectivity index (χ4n) is 3.09. The Balaban J connectivity index is 1.59. The highest BCUT2D eigenvalue weighted by Crippen LogP contribution is 2.30. The molecule has 0 fully saturated rings. The van der Waals surface area contributed by atoms with Crippen molar-refractivity contribution in [3.05, 3.63) is 66.2 Å². The van der Waals surface area contributed by atoms with Gasteiger partial charge in [0.05, 0.1) is 5.56 Å². The zero-order chi connectivity index (χ0) is 18.6. The molecular formula is C21H21N5O. The maximum absolute atomic E-state index is 6.20. The molecule has 2 aromatic carbocycles. The van der Waals surface area contributed by atoms with Gasteiger partial charge < -0.3 is 21.5 Å². The Bertz CT molecular complexity index is 945. The van der Waals surface area contributed by atoms with Crippen molar-refractivity contribution in [1.82, 2.24) is 15.3 Å². The van der Waals surface area contributed by atoms with E-state index < -0.39 is 0 Å². The first-order valence-corrected chi connectivity index (χ1v) is 8.87. The smallest absolute Gasteiger partial charge is 0.163 e. The molecule has 0 unspecified atom stereocenters. The first kappa shape index (κ1) is 17.1. The Morgan fingerprint density at radius 3 is 2.15 bits per heavy atom. The lowest BCUT2D eigenvalue weighted by molar-refractivity contribution is 0.483. The summed E-state index contributed by atoms with van der Waals surface area (Å²) in [6, 6.07) is 17.2. The summed E-state index contributed by atoms with van der Waals surface area (Å²) in [6.45, 7) is 1.68. The second kappa shape index (κ2) is 7.47. The van der Waals surface area contributed by atoms with Crippen LogP contribution in [-0.2, 0) is 0 Å². The van der Waals surface area contributed by atoms with Gasteiger partial charge >= 0.3 is 0 Å². The molecular weight excluding hydrogens is 338 g/mol. The summed E-state index contributed by atoms with van der Waals surface area (Å²) in [6.07, 6.45) is 3.08. The fourth-order valence-corrected chi connectivity index (χ4v) is 3.09. The molecule has 136 valence electrons. The zero-order valence-electron chi connectivity index (χ0n) is 14.9. The van der Waals surface area contributed by atoms with Crippen LogP contribution >= 0.6 is 0 Å². The summed E-state index contributed by atoms with van der Waals surface area (Å²) in [5.41, 5.74) is 15.0. The number of anilines is 2. The number of nitrogen functional groups attached to an aromatic ring is 2. The molecule has 1 aromatic heterocycles. The molecule has 6 nitrogen and oxygen atoms in total. The molecule has 0 aliphatic carbocycles. The fraction of sp³-hybridized carbons (Fsp3) is 0.143. The maximum atomic E-state index is 6.20. The molecule has 0 bridgehead atoms. The second-order valence-electron chi connectivity index (χ2n) is 6.33. The van der Waals surface area contributed by atoms with Gasteiger partial charge in [-0.15, -0.1) is 0 Å². The van der Waals surface area contributed by atoms with Crippen LogP contribution in [0.3, 0.4) is 0 Å². The molecule has 0 saturated carbocycles. The van der Waals surface area contributed by atoms with Crippen LogP contribution in [0.2, 0.25) is 0 Å². The first-order chi connectivity index (χ1) is 13.2. The number of rotatable bonds is 4. The number of ether oxygens (including phenoxy) is 1. The minimum atomic E-state index is 0.400. The van der Waals surface area contributed by atoms with E-state index in [1.807, 2.05) is 54.6 Å². The maximum Gasteiger partial charge on any atom is 0.163 e. The van der Waals surface area contributed by atoms with Crippen molar-refractivity contribution in [2.45, 2.75) is 6.42 Å². The Hall–Kier alpha value is -3.38. The summed E-state index contributed by atoms with van der Waals surface area (Å²) in [7, 11) is 0. The third kappa shape index (κ3) is 3.75. The second-order valence-corrected chi connectivity index (χ2v) is 6.33. The number of nitrogens with one attached hydrogen (secondary N) is 1. The lowest BCUT2D eigenvalue weighted by atomic mass is 10.0. The van der Waals surface area contributed by atoms with Crippen LogP contribution in [0.15, 0.2) is 60.7 Å². The minimum absolute atomic E-state index is 0.400. The molecule has 5 N–H and O–H groups in total. The molecule has 2 heterocycles. The van der Waals surface area contributed by atoms with E-state index in [1.54, 1.807) is 0 Å². The topological polar surface area (TPSA) is 99.1 Å². The Labute approximate surface area is 157 Å². The van der Waals surface area contributed by atoms with Crippen molar-refractivity contribution in [2.24, 2.45) is 0 Å². The van der Waals surface area contributed by atoms with Crippen LogP contribution < -0.4 is 21.5 Å². The standard InChI is InChI=1S/C21H21N5O/c22-19-18(15-5-4-12-24-13-15)20(23)26-21(25-19)14-8-10-17(11-9-14)27-16-6-2-1-3-7-16/h1-3,5-11,24H,4,12-13H2,(H4,22,23,25,26). The van der Waals surface area contributed by atoms with Crippen molar-refractivity contribution in [3.8, 4) is 22.9 Å². The van der Waals surface area contributed by atoms with E-state index in [-0.39, 0.29) is 0 Å². The van der Waals surface area contributed by atoms with Crippen molar-refractivity contribution < 1.29 is 4.74 Å². The molecule has 0 atom stereocenters. The highest BCUT2D eigenvalue weighted by atomic mass is 16.5. The predicted octanol–water partition coefficient (Wildman–Crippen LogP) is 3.48. The third-order valence-electron chi connectivity index (χ3n) is 4.40. The van der Waals surface area contributed by atoms with E-state index in [9.17, 15) is 0 Å². The van der Waals surface area contributed by atoms with Crippen LogP contribution in [0.25, 0.3) is 17.0 Å². The van der Waals surface area contributed by atoms with E-state index >= 15 is 0 Å². The van der Waals surface area contributed by atoms with E-state index in [0.29, 0.717) is 17.5 Å². The quantitative estimate of drug-likeness (QED) is 0.660. The summed E-state index contributed by atoms with van der Waals surface area (Å²) >= 11 is 0. The molecule has 4 rings (SSSR count). The number of aromatic nitrogens is 2. The SMILES string of the molecule is Nc1nc(-c2ccc(Oc3ccccc3)cc2)nc(N)c1C1=CCCNC1. The number of benzene rings is 2. The van der Waals surface area contributed by atoms with Gasteiger partial charge in [0, 0.05) is 12.1 Å². The Morgan fingerprint density at radius 2 is 1.52 bits per heavy atom. The molecule has 1 aliphatic rings. The van der Waals surface area contributed by atoms with Gasteiger partial charge in [-0.3, -0.25) is 0 Å². The van der Waals surface area contributed by atoms with Gasteiger partial charge in [-0.05, 0) is 54.9 Å². The molecule has 0 radical (unpaired) electrons. The van der Waals surface area contributed by atoms with Crippen LogP contribution in [0.5, 0.6) is 11.5 Å². The third-order valence-corrected chi connectivity index (χ3v) is 4.40. The monoisotopic (exact) mass is 359 g/mol. The predicted molar refractivity (Wildman–Crippen MR) is 108 cm³/mol. The summed E-state index contributed by atoms with van der Waals surface area (Å²) in [4.78, 5) is 8.94. The minimum Gasteiger partial charge on any atom is -0.457 e. The van der Waals surface area contributed by atoms with E-state index in [0.717, 1.165) is 47.7 Å². The number of hydrogen-bond donors (Lipinski definition) is 3. The van der Waals surface area contributed by atoms with E-state index in [2.05, 4.69) is 21.4 Å². The van der Waals surface area contributed by atoms with Gasteiger partial charge in [0.1, 0.15) is 23.1 Å². The zero-order valence-corrected chi connectivity index (χ0v) is 14.9. The first-order valence-electron chi connectivity index (χ1n) is 8.87. The molecule has 0 saturated heterocycles. The van der Waals surface area contributed by atoms with Gasteiger partial charge in [0.2, 0.25) is 0 Å². The average molecular weight is 359 g/mol. The highest BCUT2D eigenvalue weighted by Gasteiger charge is 2.16. The van der Waals surface area contributed by atoms with Crippen LogP contribution in [0.4, 0.5) is 11.6 Å². The van der Waals surface area contributed by atoms with Crippen LogP contribution in [-0.4, -0.2) is 23.1 Å². The number of nitrogens with two attached hydrogens (primary N) is 2. The Morgan fingerprint density at radius 1 is 0.852 bits per heavy atom. The summed E-state index contributed by atoms with van der Waals surface area (Å²) in [5, 5.41) is 3.31. The van der Waals surface area contributed by atoms with Crippen molar-refractivity contribution in [3.63, 3.8) is 0 Å². The van der Waals surface area contributed by atoms with Gasteiger partial charge in [0.25, 0.3) is 0 Å². The van der Waals surface area contributed by atoms with E-state index in [4.69, 9.17) is 16.2 Å². The van der Waals surface area contributed by atoms with Crippen LogP contribution in [0, 0.1) is 0 Å². The van der Waals surface area contributed by atoms with Gasteiger partial charge in [-0.2, -0.15) is 0 Å². The van der Waals surface area contributed by atoms with Crippen molar-refractivity contribution in [1.29, 1.82) is 0 Å². The van der Waals surface area contributed by atoms with Gasteiger partial charge in [-0.25, -0.2) is 9.97 Å².